The minimum Gasteiger partial charge on any atom is -0.496 e. The van der Waals surface area contributed by atoms with Crippen molar-refractivity contribution in [1.82, 2.24) is 5.43 Å². The lowest BCUT2D eigenvalue weighted by molar-refractivity contribution is -0.385. The number of hydrazone groups is 1. The number of ether oxygens (including phenoxy) is 1. The van der Waals surface area contributed by atoms with E-state index >= 15 is 0 Å². The summed E-state index contributed by atoms with van der Waals surface area (Å²) in [5.41, 5.74) is 2.15. The van der Waals surface area contributed by atoms with Gasteiger partial charge in [-0.3, -0.25) is 25.0 Å². The van der Waals surface area contributed by atoms with E-state index in [4.69, 9.17) is 4.74 Å². The highest BCUT2D eigenvalue weighted by Crippen LogP contribution is 2.22. The highest BCUT2D eigenvalue weighted by atomic mass is 16.6. The van der Waals surface area contributed by atoms with E-state index in [-0.39, 0.29) is 22.5 Å². The van der Waals surface area contributed by atoms with E-state index in [0.717, 1.165) is 6.07 Å². The Morgan fingerprint density at radius 2 is 1.80 bits per heavy atom. The molecule has 2 aromatic carbocycles. The first-order valence-electron chi connectivity index (χ1n) is 6.82. The summed E-state index contributed by atoms with van der Waals surface area (Å²) in [5.74, 6) is -0.330. The number of nitro benzene ring substituents is 2. The summed E-state index contributed by atoms with van der Waals surface area (Å²) in [4.78, 5) is 32.3. The van der Waals surface area contributed by atoms with Crippen LogP contribution in [0.4, 0.5) is 11.4 Å². The van der Waals surface area contributed by atoms with Gasteiger partial charge >= 0.3 is 0 Å². The van der Waals surface area contributed by atoms with Crippen LogP contribution in [0, 0.1) is 20.2 Å². The number of hydrogen-bond acceptors (Lipinski definition) is 7. The molecule has 0 bridgehead atoms. The van der Waals surface area contributed by atoms with E-state index in [9.17, 15) is 25.0 Å². The van der Waals surface area contributed by atoms with Crippen molar-refractivity contribution in [1.29, 1.82) is 0 Å². The summed E-state index contributed by atoms with van der Waals surface area (Å²) in [6.45, 7) is 0. The van der Waals surface area contributed by atoms with E-state index in [2.05, 4.69) is 10.5 Å². The lowest BCUT2D eigenvalue weighted by Gasteiger charge is -2.04. The Hall–Kier alpha value is -3.82. The van der Waals surface area contributed by atoms with Crippen LogP contribution in [0.15, 0.2) is 47.6 Å². The summed E-state index contributed by atoms with van der Waals surface area (Å²) in [5, 5.41) is 25.2. The van der Waals surface area contributed by atoms with Crippen molar-refractivity contribution in [2.75, 3.05) is 7.11 Å². The van der Waals surface area contributed by atoms with Crippen LogP contribution in [0.25, 0.3) is 0 Å². The summed E-state index contributed by atoms with van der Waals surface area (Å²) < 4.78 is 5.06. The first kappa shape index (κ1) is 17.5. The zero-order valence-corrected chi connectivity index (χ0v) is 12.9. The third kappa shape index (κ3) is 4.34. The highest BCUT2D eigenvalue weighted by molar-refractivity contribution is 5.95. The quantitative estimate of drug-likeness (QED) is 0.485. The second-order valence-corrected chi connectivity index (χ2v) is 4.69. The van der Waals surface area contributed by atoms with Gasteiger partial charge in [0.05, 0.1) is 23.2 Å². The number of carbonyl (C=O) groups is 1. The SMILES string of the molecule is COc1ccc([N+](=O)[O-])cc1C=NNC(=O)c1cccc([N+](=O)[O-])c1. The third-order valence-corrected chi connectivity index (χ3v) is 3.11. The molecule has 0 saturated carbocycles. The maximum atomic E-state index is 12.0. The number of carbonyl (C=O) groups excluding carboxylic acids is 1. The molecule has 2 rings (SSSR count). The minimum absolute atomic E-state index is 0.0531. The molecular formula is C15H12N4O6. The molecule has 1 amide bonds. The fourth-order valence-corrected chi connectivity index (χ4v) is 1.92. The first-order chi connectivity index (χ1) is 11.9. The number of non-ortho nitro benzene ring substituents is 2. The highest BCUT2D eigenvalue weighted by Gasteiger charge is 2.12. The van der Waals surface area contributed by atoms with Gasteiger partial charge in [0.25, 0.3) is 17.3 Å². The lowest BCUT2D eigenvalue weighted by atomic mass is 10.2. The molecular weight excluding hydrogens is 332 g/mol. The number of methoxy groups -OCH3 is 1. The Bertz CT molecular complexity index is 865. The van der Waals surface area contributed by atoms with Crippen molar-refractivity contribution in [3.8, 4) is 5.75 Å². The molecule has 0 spiro atoms. The first-order valence-corrected chi connectivity index (χ1v) is 6.82. The van der Waals surface area contributed by atoms with E-state index in [0.29, 0.717) is 5.75 Å². The number of rotatable bonds is 6. The van der Waals surface area contributed by atoms with Gasteiger partial charge in [-0.15, -0.1) is 0 Å². The molecule has 10 nitrogen and oxygen atoms in total. The Kier molecular flexibility index (Phi) is 5.36. The number of nitrogens with zero attached hydrogens (tertiary/aromatic N) is 3. The fourth-order valence-electron chi connectivity index (χ4n) is 1.92. The molecule has 25 heavy (non-hydrogen) atoms. The molecule has 1 N–H and O–H groups in total. The molecule has 0 heterocycles. The molecule has 2 aromatic rings. The van der Waals surface area contributed by atoms with Gasteiger partial charge in [-0.25, -0.2) is 5.43 Å². The Morgan fingerprint density at radius 3 is 2.44 bits per heavy atom. The standard InChI is InChI=1S/C15H12N4O6/c1-25-14-6-5-13(19(23)24)8-11(14)9-16-17-15(20)10-3-2-4-12(7-10)18(21)22/h2-9H,1H3,(H,17,20). The van der Waals surface area contributed by atoms with Crippen molar-refractivity contribution in [2.45, 2.75) is 0 Å². The average Bonchev–Trinajstić information content (AvgIpc) is 2.61. The monoisotopic (exact) mass is 344 g/mol. The van der Waals surface area contributed by atoms with E-state index in [1.54, 1.807) is 0 Å². The predicted octanol–water partition coefficient (Wildman–Crippen LogP) is 2.28. The summed E-state index contributed by atoms with van der Waals surface area (Å²) in [7, 11) is 1.39. The zero-order chi connectivity index (χ0) is 18.4. The number of amides is 1. The van der Waals surface area contributed by atoms with E-state index in [1.807, 2.05) is 0 Å². The molecule has 0 aliphatic rings. The van der Waals surface area contributed by atoms with Crippen molar-refractivity contribution in [3.05, 3.63) is 73.8 Å². The normalized spacial score (nSPS) is 10.4. The van der Waals surface area contributed by atoms with E-state index < -0.39 is 15.8 Å². The number of hydrogen-bond donors (Lipinski definition) is 1. The molecule has 0 fully saturated rings. The predicted molar refractivity (Wildman–Crippen MR) is 87.8 cm³/mol. The molecule has 128 valence electrons. The van der Waals surface area contributed by atoms with Crippen molar-refractivity contribution in [3.63, 3.8) is 0 Å². The Labute approximate surface area is 141 Å². The number of nitrogens with one attached hydrogen (secondary N) is 1. The smallest absolute Gasteiger partial charge is 0.271 e. The van der Waals surface area contributed by atoms with Gasteiger partial charge in [0.15, 0.2) is 0 Å². The molecule has 0 aliphatic carbocycles. The second-order valence-electron chi connectivity index (χ2n) is 4.69. The van der Waals surface area contributed by atoms with Crippen LogP contribution in [0.3, 0.4) is 0 Å². The Morgan fingerprint density at radius 1 is 1.12 bits per heavy atom. The number of nitro groups is 2. The summed E-state index contributed by atoms with van der Waals surface area (Å²) >= 11 is 0. The molecule has 10 heteroatoms. The second kappa shape index (κ2) is 7.64. The van der Waals surface area contributed by atoms with Gasteiger partial charge in [-0.2, -0.15) is 5.10 Å². The van der Waals surface area contributed by atoms with Crippen LogP contribution in [-0.4, -0.2) is 29.1 Å². The van der Waals surface area contributed by atoms with Crippen LogP contribution >= 0.6 is 0 Å². The topological polar surface area (TPSA) is 137 Å². The molecule has 0 aliphatic heterocycles. The van der Waals surface area contributed by atoms with Gasteiger partial charge in [0.2, 0.25) is 0 Å². The maximum Gasteiger partial charge on any atom is 0.271 e. The van der Waals surface area contributed by atoms with Crippen LogP contribution in [0.2, 0.25) is 0 Å². The minimum atomic E-state index is -0.663. The van der Waals surface area contributed by atoms with Gasteiger partial charge in [-0.05, 0) is 12.1 Å². The molecule has 0 unspecified atom stereocenters. The molecule has 0 atom stereocenters. The third-order valence-electron chi connectivity index (χ3n) is 3.11. The largest absolute Gasteiger partial charge is 0.496 e. The average molecular weight is 344 g/mol. The van der Waals surface area contributed by atoms with Gasteiger partial charge in [0, 0.05) is 35.4 Å². The van der Waals surface area contributed by atoms with Crippen molar-refractivity contribution >= 4 is 23.5 Å². The molecule has 0 saturated heterocycles. The van der Waals surface area contributed by atoms with Crippen LogP contribution in [0.5, 0.6) is 5.75 Å². The number of benzene rings is 2. The van der Waals surface area contributed by atoms with Gasteiger partial charge in [0.1, 0.15) is 5.75 Å². The van der Waals surface area contributed by atoms with Crippen LogP contribution in [-0.2, 0) is 0 Å². The van der Waals surface area contributed by atoms with Gasteiger partial charge in [-0.1, -0.05) is 6.07 Å². The Balaban J connectivity index is 2.16. The maximum absolute atomic E-state index is 12.0. The van der Waals surface area contributed by atoms with Crippen molar-refractivity contribution < 1.29 is 19.4 Å². The van der Waals surface area contributed by atoms with Crippen LogP contribution in [0.1, 0.15) is 15.9 Å². The fraction of sp³-hybridized carbons (Fsp3) is 0.0667. The van der Waals surface area contributed by atoms with Gasteiger partial charge < -0.3 is 4.74 Å². The summed E-state index contributed by atoms with van der Waals surface area (Å²) in [6, 6.07) is 9.06. The zero-order valence-electron chi connectivity index (χ0n) is 12.9. The van der Waals surface area contributed by atoms with E-state index in [1.165, 1.54) is 49.7 Å². The lowest BCUT2D eigenvalue weighted by Crippen LogP contribution is -2.17. The van der Waals surface area contributed by atoms with Crippen LogP contribution < -0.4 is 10.2 Å². The summed E-state index contributed by atoms with van der Waals surface area (Å²) in [6.07, 6.45) is 1.18. The molecule has 0 radical (unpaired) electrons. The molecule has 0 aromatic heterocycles. The van der Waals surface area contributed by atoms with Crippen molar-refractivity contribution in [2.24, 2.45) is 5.10 Å².